The average molecular weight is 299 g/mol. The summed E-state index contributed by atoms with van der Waals surface area (Å²) in [5, 5.41) is 3.46. The molecule has 86 valence electrons. The van der Waals surface area contributed by atoms with Crippen LogP contribution in [0.5, 0.6) is 0 Å². The van der Waals surface area contributed by atoms with Crippen LogP contribution >= 0.6 is 11.3 Å². The number of benzene rings is 1. The summed E-state index contributed by atoms with van der Waals surface area (Å²) in [6.07, 6.45) is 0. The molecule has 0 aliphatic rings. The minimum Gasteiger partial charge on any atom is -1.00 e. The van der Waals surface area contributed by atoms with Crippen LogP contribution in [0.2, 0.25) is 0 Å². The van der Waals surface area contributed by atoms with E-state index in [1.54, 1.807) is 11.3 Å². The normalized spacial score (nSPS) is 9.69. The fourth-order valence-corrected chi connectivity index (χ4v) is 2.62. The number of hydrogen-bond acceptors (Lipinski definition) is 2. The maximum absolute atomic E-state index is 2.22. The van der Waals surface area contributed by atoms with Crippen molar-refractivity contribution in [2.24, 2.45) is 7.05 Å². The molecule has 0 fully saturated rings. The van der Waals surface area contributed by atoms with Crippen molar-refractivity contribution in [2.45, 2.75) is 0 Å². The summed E-state index contributed by atoms with van der Waals surface area (Å²) in [5.41, 5.74) is 2.54. The first kappa shape index (κ1) is 13.2. The van der Waals surface area contributed by atoms with E-state index in [4.69, 9.17) is 0 Å². The molecule has 0 aliphatic heterocycles. The summed E-state index contributed by atoms with van der Waals surface area (Å²) in [6, 6.07) is 10.5. The van der Waals surface area contributed by atoms with Gasteiger partial charge >= 0.3 is 5.13 Å². The van der Waals surface area contributed by atoms with Crippen LogP contribution in [0.4, 0.5) is 5.13 Å². The van der Waals surface area contributed by atoms with E-state index in [0.29, 0.717) is 0 Å². The second-order valence-electron chi connectivity index (χ2n) is 3.72. The molecule has 0 saturated heterocycles. The smallest absolute Gasteiger partial charge is 0.335 e. The predicted octanol–water partition coefficient (Wildman–Crippen LogP) is -0.690. The van der Waals surface area contributed by atoms with E-state index in [2.05, 4.69) is 60.3 Å². The lowest BCUT2D eigenvalue weighted by Crippen LogP contribution is -3.00. The van der Waals surface area contributed by atoms with Crippen LogP contribution in [0.15, 0.2) is 35.7 Å². The van der Waals surface area contributed by atoms with Crippen LogP contribution in [0.3, 0.4) is 0 Å². The monoisotopic (exact) mass is 298 g/mol. The highest BCUT2D eigenvalue weighted by molar-refractivity contribution is 7.13. The molecule has 0 spiro atoms. The van der Waals surface area contributed by atoms with E-state index in [1.807, 2.05) is 6.07 Å². The van der Waals surface area contributed by atoms with E-state index in [9.17, 15) is 0 Å². The minimum absolute atomic E-state index is 0. The van der Waals surface area contributed by atoms with Crippen molar-refractivity contribution in [3.63, 3.8) is 0 Å². The molecule has 16 heavy (non-hydrogen) atoms. The summed E-state index contributed by atoms with van der Waals surface area (Å²) in [5.74, 6) is 0. The molecule has 0 aliphatic carbocycles. The lowest BCUT2D eigenvalue weighted by atomic mass is 10.2. The zero-order valence-corrected chi connectivity index (χ0v) is 12.0. The van der Waals surface area contributed by atoms with Crippen molar-refractivity contribution in [3.8, 4) is 11.3 Å². The molecule has 1 aromatic heterocycles. The third kappa shape index (κ3) is 2.44. The van der Waals surface area contributed by atoms with Gasteiger partial charge in [-0.25, -0.2) is 4.57 Å². The molecule has 0 unspecified atom stereocenters. The Labute approximate surface area is 111 Å². The van der Waals surface area contributed by atoms with Gasteiger partial charge in [-0.2, -0.15) is 0 Å². The van der Waals surface area contributed by atoms with Gasteiger partial charge in [0.25, 0.3) is 0 Å². The van der Waals surface area contributed by atoms with Gasteiger partial charge in [0.1, 0.15) is 5.69 Å². The Morgan fingerprint density at radius 1 is 1.12 bits per heavy atom. The Bertz CT molecular complexity index is 451. The first-order chi connectivity index (χ1) is 7.20. The number of hydrogen-bond donors (Lipinski definition) is 0. The van der Waals surface area contributed by atoms with Crippen molar-refractivity contribution in [2.75, 3.05) is 19.0 Å². The number of aromatic nitrogens is 1. The largest absolute Gasteiger partial charge is 1.00 e. The van der Waals surface area contributed by atoms with Gasteiger partial charge in [-0.1, -0.05) is 41.7 Å². The highest BCUT2D eigenvalue weighted by Gasteiger charge is 2.16. The Kier molecular flexibility index (Phi) is 4.50. The average Bonchev–Trinajstić information content (AvgIpc) is 2.61. The van der Waals surface area contributed by atoms with Crippen molar-refractivity contribution in [1.82, 2.24) is 0 Å². The molecule has 0 amide bonds. The predicted molar refractivity (Wildman–Crippen MR) is 65.3 cm³/mol. The van der Waals surface area contributed by atoms with E-state index < -0.39 is 0 Å². The summed E-state index contributed by atoms with van der Waals surface area (Å²) < 4.78 is 2.22. The third-order valence-corrected chi connectivity index (χ3v) is 3.57. The van der Waals surface area contributed by atoms with E-state index in [-0.39, 0.29) is 17.0 Å². The van der Waals surface area contributed by atoms with Gasteiger partial charge in [0.05, 0.1) is 21.1 Å². The Balaban J connectivity index is 0.00000128. The Hall–Kier alpha value is -0.870. The van der Waals surface area contributed by atoms with Gasteiger partial charge in [-0.05, 0) is 0 Å². The van der Waals surface area contributed by atoms with Gasteiger partial charge in [0.2, 0.25) is 0 Å². The van der Waals surface area contributed by atoms with E-state index in [1.165, 1.54) is 16.4 Å². The van der Waals surface area contributed by atoms with Crippen LogP contribution in [0.25, 0.3) is 11.3 Å². The molecule has 0 atom stereocenters. The molecule has 0 N–H and O–H groups in total. The summed E-state index contributed by atoms with van der Waals surface area (Å²) in [7, 11) is 6.25. The molecule has 0 radical (unpaired) electrons. The molecular formula is C12H15BrN2S. The molecule has 4 heteroatoms. The number of rotatable bonds is 2. The first-order valence-corrected chi connectivity index (χ1v) is 5.78. The van der Waals surface area contributed by atoms with Crippen LogP contribution in [-0.4, -0.2) is 14.1 Å². The van der Waals surface area contributed by atoms with E-state index >= 15 is 0 Å². The topological polar surface area (TPSA) is 7.12 Å². The van der Waals surface area contributed by atoms with Crippen LogP contribution in [-0.2, 0) is 7.05 Å². The van der Waals surface area contributed by atoms with Crippen LogP contribution in [0.1, 0.15) is 0 Å². The maximum atomic E-state index is 2.22. The summed E-state index contributed by atoms with van der Waals surface area (Å²) in [6.45, 7) is 0. The van der Waals surface area contributed by atoms with E-state index in [0.717, 1.165) is 0 Å². The van der Waals surface area contributed by atoms with Crippen molar-refractivity contribution in [1.29, 1.82) is 0 Å². The zero-order valence-electron chi connectivity index (χ0n) is 9.64. The fraction of sp³-hybridized carbons (Fsp3) is 0.250. The molecule has 2 aromatic rings. The zero-order chi connectivity index (χ0) is 10.8. The second kappa shape index (κ2) is 5.46. The molecule has 1 heterocycles. The highest BCUT2D eigenvalue weighted by Crippen LogP contribution is 2.23. The molecule has 0 bridgehead atoms. The number of anilines is 1. The van der Waals surface area contributed by atoms with Gasteiger partial charge in [-0.15, -0.1) is 0 Å². The summed E-state index contributed by atoms with van der Waals surface area (Å²) in [4.78, 5) is 2.14. The maximum Gasteiger partial charge on any atom is 0.335 e. The van der Waals surface area contributed by atoms with Gasteiger partial charge in [0.15, 0.2) is 0 Å². The SMILES string of the molecule is CN(C)c1scc(-c2ccccc2)[n+]1C.[Br-]. The van der Waals surface area contributed by atoms with Crippen molar-refractivity contribution < 1.29 is 21.5 Å². The van der Waals surface area contributed by atoms with Crippen LogP contribution < -0.4 is 26.4 Å². The molecule has 2 nitrogen and oxygen atoms in total. The standard InChI is InChI=1S/C12H15N2S.BrH/c1-13(2)12-14(3)11(9-15-12)10-7-5-4-6-8-10;/h4-9H,1-3H3;1H/q+1;/p-1. The number of thiazole rings is 1. The molecule has 1 aromatic carbocycles. The Morgan fingerprint density at radius 2 is 1.75 bits per heavy atom. The second-order valence-corrected chi connectivity index (χ2v) is 4.56. The Morgan fingerprint density at radius 3 is 2.25 bits per heavy atom. The molecular weight excluding hydrogens is 284 g/mol. The number of halogens is 1. The minimum atomic E-state index is 0. The highest BCUT2D eigenvalue weighted by atomic mass is 79.9. The van der Waals surface area contributed by atoms with Crippen LogP contribution in [0, 0.1) is 0 Å². The fourth-order valence-electron chi connectivity index (χ4n) is 1.65. The molecule has 2 rings (SSSR count). The lowest BCUT2D eigenvalue weighted by molar-refractivity contribution is -0.643. The van der Waals surface area contributed by atoms with Gasteiger partial charge in [0, 0.05) is 10.9 Å². The molecule has 0 saturated carbocycles. The van der Waals surface area contributed by atoms with Gasteiger partial charge in [-0.3, -0.25) is 4.90 Å². The summed E-state index contributed by atoms with van der Waals surface area (Å²) >= 11 is 1.77. The number of nitrogens with zero attached hydrogens (tertiary/aromatic N) is 2. The third-order valence-electron chi connectivity index (χ3n) is 2.38. The lowest BCUT2D eigenvalue weighted by Gasteiger charge is -2.03. The van der Waals surface area contributed by atoms with Gasteiger partial charge < -0.3 is 17.0 Å². The quantitative estimate of drug-likeness (QED) is 0.666. The van der Waals surface area contributed by atoms with Crippen molar-refractivity contribution in [3.05, 3.63) is 35.7 Å². The first-order valence-electron chi connectivity index (χ1n) is 4.90. The van der Waals surface area contributed by atoms with Crippen molar-refractivity contribution >= 4 is 16.5 Å².